The number of hydrogen-bond donors (Lipinski definition) is 0. The van der Waals surface area contributed by atoms with E-state index < -0.39 is 18.3 Å². The smallest absolute Gasteiger partial charge is 0.457 e. The van der Waals surface area contributed by atoms with Crippen LogP contribution in [0.1, 0.15) is 70.9 Å². The Kier molecular flexibility index (Phi) is 6.89. The van der Waals surface area contributed by atoms with E-state index in [1.807, 2.05) is 75.1 Å². The zero-order chi connectivity index (χ0) is 26.4. The summed E-state index contributed by atoms with van der Waals surface area (Å²) in [4.78, 5) is 14.2. The number of ether oxygens (including phenoxy) is 1. The van der Waals surface area contributed by atoms with Crippen LogP contribution >= 0.6 is 11.3 Å². The number of amides is 1. The number of nitrogens with zero attached hydrogens (tertiary/aromatic N) is 3. The molecule has 3 aromatic rings. The van der Waals surface area contributed by atoms with Gasteiger partial charge in [0.1, 0.15) is 21.5 Å². The summed E-state index contributed by atoms with van der Waals surface area (Å²) in [6.07, 6.45) is 1.50. The lowest BCUT2D eigenvalue weighted by Gasteiger charge is -2.32. The number of likely N-dealkylation sites (tertiary alicyclic amines) is 1. The van der Waals surface area contributed by atoms with Crippen molar-refractivity contribution in [1.29, 1.82) is 0 Å². The third-order valence-electron chi connectivity index (χ3n) is 7.41. The second-order valence-corrected chi connectivity index (χ2v) is 12.1. The summed E-state index contributed by atoms with van der Waals surface area (Å²) in [7, 11) is -0.496. The molecule has 1 amide bonds. The predicted molar refractivity (Wildman–Crippen MR) is 146 cm³/mol. The van der Waals surface area contributed by atoms with Crippen molar-refractivity contribution in [2.45, 2.75) is 78.0 Å². The molecule has 5 rings (SSSR count). The molecule has 0 saturated carbocycles. The SMILES string of the molecule is CC(C)c1nnc(-c2ccc(Oc3cc(B4OC(C)(C)C(C)(C)O4)ccc3CN3CCCC3=O)cc2)s1. The highest BCUT2D eigenvalue weighted by atomic mass is 32.1. The Morgan fingerprint density at radius 1 is 1.05 bits per heavy atom. The Hall–Kier alpha value is -2.75. The van der Waals surface area contributed by atoms with E-state index in [2.05, 4.69) is 24.0 Å². The summed E-state index contributed by atoms with van der Waals surface area (Å²) in [5.74, 6) is 1.93. The van der Waals surface area contributed by atoms with Crippen LogP contribution in [-0.4, -0.2) is 45.9 Å². The Morgan fingerprint density at radius 3 is 2.35 bits per heavy atom. The minimum absolute atomic E-state index is 0.183. The molecule has 0 radical (unpaired) electrons. The molecule has 37 heavy (non-hydrogen) atoms. The van der Waals surface area contributed by atoms with Gasteiger partial charge >= 0.3 is 7.12 Å². The van der Waals surface area contributed by atoms with Crippen molar-refractivity contribution < 1.29 is 18.8 Å². The van der Waals surface area contributed by atoms with Gasteiger partial charge in [-0.2, -0.15) is 0 Å². The van der Waals surface area contributed by atoms with Crippen LogP contribution < -0.4 is 10.2 Å². The molecule has 1 aromatic heterocycles. The van der Waals surface area contributed by atoms with E-state index in [1.165, 1.54) is 0 Å². The van der Waals surface area contributed by atoms with Crippen molar-refractivity contribution in [1.82, 2.24) is 15.1 Å². The minimum atomic E-state index is -0.496. The van der Waals surface area contributed by atoms with E-state index in [0.717, 1.165) is 39.6 Å². The number of hydrogen-bond acceptors (Lipinski definition) is 7. The molecule has 0 unspecified atom stereocenters. The standard InChI is InChI=1S/C28H34BN3O4S/c1-18(2)25-30-31-26(37-25)19-10-13-22(14-11-19)34-23-16-21(29-35-27(3,4)28(5,6)36-29)12-9-20(23)17-32-15-7-8-24(32)33/h9-14,16,18H,7-8,15,17H2,1-6H3. The molecule has 194 valence electrons. The summed E-state index contributed by atoms with van der Waals surface area (Å²) >= 11 is 1.61. The molecule has 0 aliphatic carbocycles. The highest BCUT2D eigenvalue weighted by molar-refractivity contribution is 7.14. The first kappa shape index (κ1) is 25.9. The van der Waals surface area contributed by atoms with E-state index in [0.29, 0.717) is 30.4 Å². The molecule has 0 atom stereocenters. The lowest BCUT2D eigenvalue weighted by atomic mass is 9.78. The molecular weight excluding hydrogens is 485 g/mol. The molecule has 9 heteroatoms. The molecule has 2 aliphatic rings. The van der Waals surface area contributed by atoms with Gasteiger partial charge in [0.2, 0.25) is 5.91 Å². The largest absolute Gasteiger partial charge is 0.494 e. The van der Waals surface area contributed by atoms with Gasteiger partial charge < -0.3 is 18.9 Å². The van der Waals surface area contributed by atoms with Gasteiger partial charge in [0.25, 0.3) is 0 Å². The highest BCUT2D eigenvalue weighted by Gasteiger charge is 2.51. The molecule has 0 spiro atoms. The van der Waals surface area contributed by atoms with Crippen LogP contribution in [0.25, 0.3) is 10.6 Å². The first-order chi connectivity index (χ1) is 17.5. The molecule has 2 aliphatic heterocycles. The van der Waals surface area contributed by atoms with Crippen LogP contribution in [0, 0.1) is 0 Å². The van der Waals surface area contributed by atoms with Crippen LogP contribution in [0.2, 0.25) is 0 Å². The van der Waals surface area contributed by atoms with Crippen LogP contribution in [0.4, 0.5) is 0 Å². The van der Waals surface area contributed by atoms with Crippen LogP contribution in [-0.2, 0) is 20.6 Å². The molecule has 0 N–H and O–H groups in total. The minimum Gasteiger partial charge on any atom is -0.457 e. The third kappa shape index (κ3) is 5.30. The van der Waals surface area contributed by atoms with Gasteiger partial charge in [-0.3, -0.25) is 4.79 Å². The molecule has 2 fully saturated rings. The van der Waals surface area contributed by atoms with Gasteiger partial charge in [-0.1, -0.05) is 37.3 Å². The lowest BCUT2D eigenvalue weighted by Crippen LogP contribution is -2.41. The van der Waals surface area contributed by atoms with Crippen molar-refractivity contribution in [3.05, 3.63) is 53.0 Å². The highest BCUT2D eigenvalue weighted by Crippen LogP contribution is 2.37. The Labute approximate surface area is 223 Å². The summed E-state index contributed by atoms with van der Waals surface area (Å²) in [5, 5.41) is 10.6. The molecule has 2 aromatic carbocycles. The summed E-state index contributed by atoms with van der Waals surface area (Å²) in [6.45, 7) is 13.7. The number of carbonyl (C=O) groups is 1. The fourth-order valence-corrected chi connectivity index (χ4v) is 5.23. The maximum atomic E-state index is 12.3. The Morgan fingerprint density at radius 2 is 1.76 bits per heavy atom. The fraction of sp³-hybridized carbons (Fsp3) is 0.464. The van der Waals surface area contributed by atoms with Gasteiger partial charge in [0.15, 0.2) is 0 Å². The first-order valence-electron chi connectivity index (χ1n) is 12.9. The topological polar surface area (TPSA) is 73.8 Å². The van der Waals surface area contributed by atoms with Gasteiger partial charge in [-0.25, -0.2) is 0 Å². The van der Waals surface area contributed by atoms with Gasteiger partial charge in [0.05, 0.1) is 11.2 Å². The molecule has 3 heterocycles. The first-order valence-corrected chi connectivity index (χ1v) is 13.7. The summed E-state index contributed by atoms with van der Waals surface area (Å²) in [5.41, 5.74) is 1.97. The molecule has 0 bridgehead atoms. The van der Waals surface area contributed by atoms with Gasteiger partial charge in [-0.15, -0.1) is 10.2 Å². The quantitative estimate of drug-likeness (QED) is 0.382. The zero-order valence-corrected chi connectivity index (χ0v) is 23.2. The van der Waals surface area contributed by atoms with Gasteiger partial charge in [0, 0.05) is 36.6 Å². The third-order valence-corrected chi connectivity index (χ3v) is 8.69. The van der Waals surface area contributed by atoms with E-state index >= 15 is 0 Å². The summed E-state index contributed by atoms with van der Waals surface area (Å²) < 4.78 is 19.0. The maximum absolute atomic E-state index is 12.3. The molecule has 2 saturated heterocycles. The van der Waals surface area contributed by atoms with Crippen molar-refractivity contribution >= 4 is 29.8 Å². The van der Waals surface area contributed by atoms with E-state index in [4.69, 9.17) is 14.0 Å². The second kappa shape index (κ2) is 9.85. The lowest BCUT2D eigenvalue weighted by molar-refractivity contribution is -0.128. The van der Waals surface area contributed by atoms with Crippen LogP contribution in [0.3, 0.4) is 0 Å². The van der Waals surface area contributed by atoms with E-state index in [1.54, 1.807) is 11.3 Å². The zero-order valence-electron chi connectivity index (χ0n) is 22.4. The Bertz CT molecular complexity index is 1270. The van der Waals surface area contributed by atoms with E-state index in [9.17, 15) is 4.79 Å². The normalized spacial score (nSPS) is 18.7. The molecular formula is C28H34BN3O4S. The predicted octanol–water partition coefficient (Wildman–Crippen LogP) is 5.54. The van der Waals surface area contributed by atoms with Crippen LogP contribution in [0.5, 0.6) is 11.5 Å². The van der Waals surface area contributed by atoms with Crippen LogP contribution in [0.15, 0.2) is 42.5 Å². The van der Waals surface area contributed by atoms with Gasteiger partial charge in [-0.05, 0) is 69.9 Å². The van der Waals surface area contributed by atoms with Crippen molar-refractivity contribution in [3.63, 3.8) is 0 Å². The van der Waals surface area contributed by atoms with E-state index in [-0.39, 0.29) is 5.91 Å². The summed E-state index contributed by atoms with van der Waals surface area (Å²) in [6, 6.07) is 13.9. The Balaban J connectivity index is 1.41. The van der Waals surface area contributed by atoms with Crippen molar-refractivity contribution in [3.8, 4) is 22.1 Å². The number of benzene rings is 2. The monoisotopic (exact) mass is 519 g/mol. The number of aromatic nitrogens is 2. The number of carbonyl (C=O) groups excluding carboxylic acids is 1. The molecule has 7 nitrogen and oxygen atoms in total. The second-order valence-electron chi connectivity index (χ2n) is 11.1. The van der Waals surface area contributed by atoms with Crippen molar-refractivity contribution in [2.24, 2.45) is 0 Å². The average Bonchev–Trinajstić information content (AvgIpc) is 3.54. The van der Waals surface area contributed by atoms with Crippen molar-refractivity contribution in [2.75, 3.05) is 6.54 Å². The fourth-order valence-electron chi connectivity index (χ4n) is 4.38. The maximum Gasteiger partial charge on any atom is 0.494 e. The number of rotatable bonds is 7. The average molecular weight is 519 g/mol.